The van der Waals surface area contributed by atoms with E-state index in [1.54, 1.807) is 12.3 Å². The largest absolute Gasteiger partial charge is 0.382 e. The number of halogens is 1. The van der Waals surface area contributed by atoms with Crippen LogP contribution in [0.4, 0.5) is 5.69 Å². The van der Waals surface area contributed by atoms with Gasteiger partial charge in [0.05, 0.1) is 18.4 Å². The number of rotatable bonds is 6. The number of allylic oxidation sites excluding steroid dienone is 1. The van der Waals surface area contributed by atoms with E-state index in [1.807, 2.05) is 0 Å². The average molecular weight is 325 g/mol. The molecule has 0 atom stereocenters. The zero-order chi connectivity index (χ0) is 13.7. The fourth-order valence-electron chi connectivity index (χ4n) is 1.51. The Morgan fingerprint density at radius 3 is 3.11 bits per heavy atom. The molecule has 8 heteroatoms. The average Bonchev–Trinajstić information content (AvgIpc) is 2.91. The number of aromatic nitrogens is 5. The molecule has 0 aliphatic heterocycles. The standard InChI is InChI=1S/C11H13BrN6O/c1-2-5-18-11(19)10(12)8(6-16-18)13-4-3-9-14-7-15-17-9/h2,6-7,13H,1,3-5H2,(H,14,15,17). The van der Waals surface area contributed by atoms with Gasteiger partial charge in [0.2, 0.25) is 0 Å². The highest BCUT2D eigenvalue weighted by Crippen LogP contribution is 2.15. The summed E-state index contributed by atoms with van der Waals surface area (Å²) in [5.41, 5.74) is 0.467. The molecule has 0 aliphatic carbocycles. The van der Waals surface area contributed by atoms with Crippen molar-refractivity contribution in [3.05, 3.63) is 45.8 Å². The fourth-order valence-corrected chi connectivity index (χ4v) is 1.95. The monoisotopic (exact) mass is 324 g/mol. The van der Waals surface area contributed by atoms with Gasteiger partial charge in [0.15, 0.2) is 0 Å². The molecule has 0 saturated heterocycles. The molecule has 7 nitrogen and oxygen atoms in total. The third-order valence-electron chi connectivity index (χ3n) is 2.43. The summed E-state index contributed by atoms with van der Waals surface area (Å²) in [5, 5.41) is 13.7. The van der Waals surface area contributed by atoms with E-state index in [2.05, 4.69) is 48.1 Å². The Kier molecular flexibility index (Phi) is 4.45. The zero-order valence-electron chi connectivity index (χ0n) is 10.1. The highest BCUT2D eigenvalue weighted by atomic mass is 79.9. The van der Waals surface area contributed by atoms with E-state index in [0.29, 0.717) is 29.7 Å². The molecule has 100 valence electrons. The maximum absolute atomic E-state index is 11.9. The third-order valence-corrected chi connectivity index (χ3v) is 3.20. The number of H-pyrrole nitrogens is 1. The summed E-state index contributed by atoms with van der Waals surface area (Å²) in [6.07, 6.45) is 5.37. The Balaban J connectivity index is 2.02. The molecular formula is C11H13BrN6O. The number of anilines is 1. The first-order valence-corrected chi connectivity index (χ1v) is 6.46. The Bertz CT molecular complexity index is 606. The van der Waals surface area contributed by atoms with Gasteiger partial charge in [0, 0.05) is 13.0 Å². The summed E-state index contributed by atoms with van der Waals surface area (Å²) in [6, 6.07) is 0. The lowest BCUT2D eigenvalue weighted by Gasteiger charge is -2.08. The van der Waals surface area contributed by atoms with Gasteiger partial charge in [-0.2, -0.15) is 10.2 Å². The molecule has 0 fully saturated rings. The molecule has 2 rings (SSSR count). The fraction of sp³-hybridized carbons (Fsp3) is 0.273. The Hall–Kier alpha value is -1.96. The molecule has 2 N–H and O–H groups in total. The molecule has 2 aromatic heterocycles. The second-order valence-electron chi connectivity index (χ2n) is 3.76. The van der Waals surface area contributed by atoms with Gasteiger partial charge in [-0.1, -0.05) is 6.08 Å². The molecule has 0 saturated carbocycles. The van der Waals surface area contributed by atoms with Crippen molar-refractivity contribution in [3.8, 4) is 0 Å². The SMILES string of the molecule is C=CCn1ncc(NCCc2ncn[nH]2)c(Br)c1=O. The van der Waals surface area contributed by atoms with Crippen molar-refractivity contribution in [3.63, 3.8) is 0 Å². The van der Waals surface area contributed by atoms with Crippen LogP contribution in [0.2, 0.25) is 0 Å². The van der Waals surface area contributed by atoms with E-state index in [1.165, 1.54) is 11.0 Å². The minimum atomic E-state index is -0.190. The van der Waals surface area contributed by atoms with Crippen molar-refractivity contribution in [1.82, 2.24) is 25.0 Å². The molecule has 0 spiro atoms. The normalized spacial score (nSPS) is 10.4. The zero-order valence-corrected chi connectivity index (χ0v) is 11.7. The van der Waals surface area contributed by atoms with Crippen molar-refractivity contribution >= 4 is 21.6 Å². The van der Waals surface area contributed by atoms with Gasteiger partial charge in [-0.3, -0.25) is 9.89 Å². The van der Waals surface area contributed by atoms with Gasteiger partial charge in [-0.15, -0.1) is 6.58 Å². The maximum atomic E-state index is 11.9. The Morgan fingerprint density at radius 1 is 1.58 bits per heavy atom. The van der Waals surface area contributed by atoms with E-state index in [4.69, 9.17) is 0 Å². The smallest absolute Gasteiger partial charge is 0.283 e. The van der Waals surface area contributed by atoms with Crippen molar-refractivity contribution in [1.29, 1.82) is 0 Å². The van der Waals surface area contributed by atoms with Gasteiger partial charge in [-0.25, -0.2) is 9.67 Å². The second-order valence-corrected chi connectivity index (χ2v) is 4.55. The van der Waals surface area contributed by atoms with Gasteiger partial charge < -0.3 is 5.32 Å². The quantitative estimate of drug-likeness (QED) is 0.773. The summed E-state index contributed by atoms with van der Waals surface area (Å²) in [4.78, 5) is 15.9. The molecule has 0 bridgehead atoms. The molecule has 0 aromatic carbocycles. The lowest BCUT2D eigenvalue weighted by molar-refractivity contribution is 0.648. The lowest BCUT2D eigenvalue weighted by atomic mass is 10.4. The van der Waals surface area contributed by atoms with Crippen LogP contribution >= 0.6 is 15.9 Å². The predicted molar refractivity (Wildman–Crippen MR) is 75.0 cm³/mol. The highest BCUT2D eigenvalue weighted by molar-refractivity contribution is 9.10. The van der Waals surface area contributed by atoms with Gasteiger partial charge in [-0.05, 0) is 15.9 Å². The van der Waals surface area contributed by atoms with Crippen LogP contribution in [-0.2, 0) is 13.0 Å². The molecule has 19 heavy (non-hydrogen) atoms. The third kappa shape index (κ3) is 3.28. The van der Waals surface area contributed by atoms with Crippen LogP contribution in [0.15, 0.2) is 34.4 Å². The van der Waals surface area contributed by atoms with E-state index in [-0.39, 0.29) is 5.56 Å². The van der Waals surface area contributed by atoms with E-state index in [9.17, 15) is 4.79 Å². The van der Waals surface area contributed by atoms with Crippen molar-refractivity contribution in [2.45, 2.75) is 13.0 Å². The van der Waals surface area contributed by atoms with Crippen LogP contribution in [0.25, 0.3) is 0 Å². The highest BCUT2D eigenvalue weighted by Gasteiger charge is 2.07. The van der Waals surface area contributed by atoms with Crippen LogP contribution in [0.1, 0.15) is 5.82 Å². The number of hydrogen-bond donors (Lipinski definition) is 2. The minimum Gasteiger partial charge on any atom is -0.382 e. The van der Waals surface area contributed by atoms with Crippen molar-refractivity contribution in [2.24, 2.45) is 0 Å². The minimum absolute atomic E-state index is 0.190. The summed E-state index contributed by atoms with van der Waals surface area (Å²) < 4.78 is 1.79. The molecule has 0 aliphatic rings. The number of nitrogens with zero attached hydrogens (tertiary/aromatic N) is 4. The van der Waals surface area contributed by atoms with Gasteiger partial charge in [0.25, 0.3) is 5.56 Å². The lowest BCUT2D eigenvalue weighted by Crippen LogP contribution is -2.24. The summed E-state index contributed by atoms with van der Waals surface area (Å²) in [5.74, 6) is 0.789. The number of aromatic amines is 1. The summed E-state index contributed by atoms with van der Waals surface area (Å²) in [7, 11) is 0. The molecule has 0 unspecified atom stereocenters. The van der Waals surface area contributed by atoms with Gasteiger partial charge in [0.1, 0.15) is 16.6 Å². The number of nitrogens with one attached hydrogen (secondary N) is 2. The van der Waals surface area contributed by atoms with Crippen LogP contribution in [-0.4, -0.2) is 31.5 Å². The summed E-state index contributed by atoms with van der Waals surface area (Å²) >= 11 is 3.27. The van der Waals surface area contributed by atoms with E-state index < -0.39 is 0 Å². The van der Waals surface area contributed by atoms with Crippen LogP contribution in [0.3, 0.4) is 0 Å². The van der Waals surface area contributed by atoms with E-state index >= 15 is 0 Å². The van der Waals surface area contributed by atoms with Crippen LogP contribution < -0.4 is 10.9 Å². The molecular weight excluding hydrogens is 312 g/mol. The van der Waals surface area contributed by atoms with E-state index in [0.717, 1.165) is 5.82 Å². The van der Waals surface area contributed by atoms with Crippen molar-refractivity contribution < 1.29 is 0 Å². The van der Waals surface area contributed by atoms with Gasteiger partial charge >= 0.3 is 0 Å². The first kappa shape index (κ1) is 13.5. The van der Waals surface area contributed by atoms with Crippen LogP contribution in [0.5, 0.6) is 0 Å². The topological polar surface area (TPSA) is 88.5 Å². The molecule has 0 radical (unpaired) electrons. The Labute approximate surface area is 117 Å². The molecule has 0 amide bonds. The Morgan fingerprint density at radius 2 is 2.42 bits per heavy atom. The molecule has 2 heterocycles. The van der Waals surface area contributed by atoms with Crippen LogP contribution in [0, 0.1) is 0 Å². The second kappa shape index (κ2) is 6.28. The maximum Gasteiger partial charge on any atom is 0.283 e. The number of hydrogen-bond acceptors (Lipinski definition) is 5. The first-order chi connectivity index (χ1) is 9.22. The predicted octanol–water partition coefficient (Wildman–Crippen LogP) is 0.964. The summed E-state index contributed by atoms with van der Waals surface area (Å²) in [6.45, 7) is 4.59. The molecule has 2 aromatic rings. The first-order valence-electron chi connectivity index (χ1n) is 5.67. The van der Waals surface area contributed by atoms with Crippen molar-refractivity contribution in [2.75, 3.05) is 11.9 Å².